The van der Waals surface area contributed by atoms with Gasteiger partial charge >= 0.3 is 0 Å². The number of allylic oxidation sites excluding steroid dienone is 1. The third kappa shape index (κ3) is 4.15. The summed E-state index contributed by atoms with van der Waals surface area (Å²) in [5.41, 5.74) is 2.30. The molecule has 0 saturated carbocycles. The molecule has 0 fully saturated rings. The lowest BCUT2D eigenvalue weighted by Gasteiger charge is -2.41. The Hall–Kier alpha value is -2.21. The quantitative estimate of drug-likeness (QED) is 0.387. The molecule has 0 spiro atoms. The highest BCUT2D eigenvalue weighted by atomic mass is 35.5. The second-order valence-electron chi connectivity index (χ2n) is 7.42. The normalized spacial score (nSPS) is 20.7. The minimum atomic E-state index is -3.96. The summed E-state index contributed by atoms with van der Waals surface area (Å²) in [7, 11) is -3.96. The molecule has 0 N–H and O–H groups in total. The van der Waals surface area contributed by atoms with Crippen LogP contribution in [0.25, 0.3) is 0 Å². The number of hydrogen-bond acceptors (Lipinski definition) is 2. The SMILES string of the molecule is C=C(C(F)=CC)[C@H]1C(C)=CC[C@@H](c2ccc(Cl)cc2)N1S(=O)(=O)c1ccccc1C. The van der Waals surface area contributed by atoms with Crippen molar-refractivity contribution in [1.82, 2.24) is 4.31 Å². The number of rotatable bonds is 5. The Kier molecular flexibility index (Phi) is 6.65. The third-order valence-electron chi connectivity index (χ3n) is 5.45. The zero-order valence-corrected chi connectivity index (χ0v) is 18.8. The van der Waals surface area contributed by atoms with Crippen molar-refractivity contribution in [2.75, 3.05) is 0 Å². The fraction of sp³-hybridized carbons (Fsp3) is 0.250. The molecule has 0 aliphatic carbocycles. The van der Waals surface area contributed by atoms with Crippen molar-refractivity contribution in [3.05, 3.63) is 100 Å². The summed E-state index contributed by atoms with van der Waals surface area (Å²) in [5, 5.41) is 0.565. The molecule has 1 heterocycles. The van der Waals surface area contributed by atoms with E-state index in [0.717, 1.165) is 11.1 Å². The van der Waals surface area contributed by atoms with Gasteiger partial charge in [0.15, 0.2) is 0 Å². The fourth-order valence-electron chi connectivity index (χ4n) is 3.87. The van der Waals surface area contributed by atoms with E-state index in [-0.39, 0.29) is 10.5 Å². The fourth-order valence-corrected chi connectivity index (χ4v) is 6.06. The van der Waals surface area contributed by atoms with Crippen LogP contribution in [0, 0.1) is 6.92 Å². The van der Waals surface area contributed by atoms with Crippen molar-refractivity contribution in [3.8, 4) is 0 Å². The largest absolute Gasteiger partial charge is 0.244 e. The molecule has 2 atom stereocenters. The van der Waals surface area contributed by atoms with Gasteiger partial charge in [-0.05, 0) is 56.5 Å². The van der Waals surface area contributed by atoms with Crippen LogP contribution < -0.4 is 0 Å². The van der Waals surface area contributed by atoms with E-state index in [1.807, 2.05) is 25.1 Å². The van der Waals surface area contributed by atoms with E-state index in [4.69, 9.17) is 11.6 Å². The molecule has 0 radical (unpaired) electrons. The summed E-state index contributed by atoms with van der Waals surface area (Å²) >= 11 is 6.04. The van der Waals surface area contributed by atoms with E-state index >= 15 is 0 Å². The van der Waals surface area contributed by atoms with Crippen molar-refractivity contribution in [2.24, 2.45) is 0 Å². The highest BCUT2D eigenvalue weighted by Crippen LogP contribution is 2.42. The van der Waals surface area contributed by atoms with Crippen LogP contribution >= 0.6 is 11.6 Å². The molecule has 0 unspecified atom stereocenters. The first kappa shape index (κ1) is 22.5. The molecule has 3 rings (SSSR count). The molecule has 6 heteroatoms. The maximum absolute atomic E-state index is 14.6. The second-order valence-corrected chi connectivity index (χ2v) is 9.66. The topological polar surface area (TPSA) is 37.4 Å². The van der Waals surface area contributed by atoms with Crippen LogP contribution in [0.5, 0.6) is 0 Å². The Balaban J connectivity index is 2.24. The van der Waals surface area contributed by atoms with Gasteiger partial charge in [-0.3, -0.25) is 0 Å². The zero-order chi connectivity index (χ0) is 22.1. The third-order valence-corrected chi connectivity index (χ3v) is 7.74. The van der Waals surface area contributed by atoms with Gasteiger partial charge in [0.25, 0.3) is 0 Å². The average molecular weight is 446 g/mol. The summed E-state index contributed by atoms with van der Waals surface area (Å²) < 4.78 is 43.8. The Bertz CT molecular complexity index is 1120. The molecule has 0 aromatic heterocycles. The molecule has 0 saturated heterocycles. The van der Waals surface area contributed by atoms with Crippen LogP contribution in [0.1, 0.15) is 37.4 Å². The van der Waals surface area contributed by atoms with Crippen LogP contribution in [0.15, 0.2) is 89.1 Å². The molecule has 2 aromatic rings. The zero-order valence-electron chi connectivity index (χ0n) is 17.3. The molecular formula is C24H25ClFNO2S. The predicted octanol–water partition coefficient (Wildman–Crippen LogP) is 6.53. The van der Waals surface area contributed by atoms with Gasteiger partial charge in [0.1, 0.15) is 5.83 Å². The number of nitrogens with zero attached hydrogens (tertiary/aromatic N) is 1. The van der Waals surface area contributed by atoms with Gasteiger partial charge in [-0.2, -0.15) is 4.31 Å². The van der Waals surface area contributed by atoms with E-state index in [1.165, 1.54) is 10.4 Å². The smallest absolute Gasteiger partial charge is 0.207 e. The monoisotopic (exact) mass is 445 g/mol. The van der Waals surface area contributed by atoms with Crippen molar-refractivity contribution in [2.45, 2.75) is 44.2 Å². The lowest BCUT2D eigenvalue weighted by atomic mass is 9.90. The van der Waals surface area contributed by atoms with E-state index in [1.54, 1.807) is 50.2 Å². The van der Waals surface area contributed by atoms with Crippen molar-refractivity contribution < 1.29 is 12.8 Å². The molecule has 158 valence electrons. The summed E-state index contributed by atoms with van der Waals surface area (Å²) in [5.74, 6) is -0.519. The van der Waals surface area contributed by atoms with Crippen LogP contribution in [0.2, 0.25) is 5.02 Å². The van der Waals surface area contributed by atoms with Gasteiger partial charge in [0, 0.05) is 10.6 Å². The number of halogens is 2. The van der Waals surface area contributed by atoms with Crippen LogP contribution in [0.3, 0.4) is 0 Å². The number of sulfonamides is 1. The summed E-state index contributed by atoms with van der Waals surface area (Å²) in [4.78, 5) is 0.206. The first-order valence-corrected chi connectivity index (χ1v) is 11.5. The Labute approximate surface area is 183 Å². The Morgan fingerprint density at radius 1 is 1.17 bits per heavy atom. The predicted molar refractivity (Wildman–Crippen MR) is 121 cm³/mol. The van der Waals surface area contributed by atoms with Crippen LogP contribution in [-0.2, 0) is 10.0 Å². The molecule has 0 bridgehead atoms. The minimum Gasteiger partial charge on any atom is -0.207 e. The van der Waals surface area contributed by atoms with E-state index < -0.39 is 27.9 Å². The number of hydrogen-bond donors (Lipinski definition) is 0. The van der Waals surface area contributed by atoms with Gasteiger partial charge in [0.2, 0.25) is 10.0 Å². The average Bonchev–Trinajstić information content (AvgIpc) is 2.73. The Morgan fingerprint density at radius 2 is 1.80 bits per heavy atom. The molecular weight excluding hydrogens is 421 g/mol. The molecule has 2 aromatic carbocycles. The minimum absolute atomic E-state index is 0.127. The van der Waals surface area contributed by atoms with E-state index in [9.17, 15) is 12.8 Å². The molecule has 1 aliphatic rings. The molecule has 0 amide bonds. The summed E-state index contributed by atoms with van der Waals surface area (Å²) in [6, 6.07) is 12.6. The van der Waals surface area contributed by atoms with E-state index in [0.29, 0.717) is 17.0 Å². The van der Waals surface area contributed by atoms with E-state index in [2.05, 4.69) is 6.58 Å². The molecule has 30 heavy (non-hydrogen) atoms. The summed E-state index contributed by atoms with van der Waals surface area (Å²) in [6.45, 7) is 9.05. The van der Waals surface area contributed by atoms with Gasteiger partial charge in [-0.1, -0.05) is 66.2 Å². The van der Waals surface area contributed by atoms with Gasteiger partial charge in [0.05, 0.1) is 17.0 Å². The first-order chi connectivity index (χ1) is 14.2. The van der Waals surface area contributed by atoms with Crippen LogP contribution in [-0.4, -0.2) is 18.8 Å². The standard InChI is InChI=1S/C24H25ClFNO2S/c1-5-21(26)18(4)24-17(3)10-15-22(19-11-13-20(25)14-12-19)27(24)30(28,29)23-9-7-6-8-16(23)2/h5-14,22,24H,4,15H2,1-3H3/t22-,24+/m0/s1. The number of benzene rings is 2. The Morgan fingerprint density at radius 3 is 2.40 bits per heavy atom. The second kappa shape index (κ2) is 8.88. The molecule has 3 nitrogen and oxygen atoms in total. The summed E-state index contributed by atoms with van der Waals surface area (Å²) in [6.07, 6.45) is 3.74. The lowest BCUT2D eigenvalue weighted by molar-refractivity contribution is 0.279. The maximum Gasteiger partial charge on any atom is 0.244 e. The highest BCUT2D eigenvalue weighted by Gasteiger charge is 2.43. The van der Waals surface area contributed by atoms with Crippen molar-refractivity contribution >= 4 is 21.6 Å². The molecule has 1 aliphatic heterocycles. The lowest BCUT2D eigenvalue weighted by Crippen LogP contribution is -2.46. The van der Waals surface area contributed by atoms with Gasteiger partial charge in [-0.15, -0.1) is 0 Å². The highest BCUT2D eigenvalue weighted by molar-refractivity contribution is 7.89. The number of aryl methyl sites for hydroxylation is 1. The van der Waals surface area contributed by atoms with Crippen LogP contribution in [0.4, 0.5) is 4.39 Å². The van der Waals surface area contributed by atoms with Gasteiger partial charge < -0.3 is 0 Å². The maximum atomic E-state index is 14.6. The first-order valence-electron chi connectivity index (χ1n) is 9.70. The van der Waals surface area contributed by atoms with Gasteiger partial charge in [-0.25, -0.2) is 12.8 Å². The van der Waals surface area contributed by atoms with Crippen molar-refractivity contribution in [1.29, 1.82) is 0 Å². The van der Waals surface area contributed by atoms with Crippen molar-refractivity contribution in [3.63, 3.8) is 0 Å².